The van der Waals surface area contributed by atoms with Crippen LogP contribution in [0.3, 0.4) is 0 Å². The zero-order valence-corrected chi connectivity index (χ0v) is 10.8. The minimum atomic E-state index is -0.239. The lowest BCUT2D eigenvalue weighted by Crippen LogP contribution is -2.00. The number of halogens is 2. The minimum Gasteiger partial charge on any atom is -0.285 e. The predicted octanol–water partition coefficient (Wildman–Crippen LogP) is 2.62. The second kappa shape index (κ2) is 4.45. The number of benzene rings is 1. The van der Waals surface area contributed by atoms with Gasteiger partial charge in [0, 0.05) is 12.6 Å². The van der Waals surface area contributed by atoms with Gasteiger partial charge in [0.05, 0.1) is 5.69 Å². The summed E-state index contributed by atoms with van der Waals surface area (Å²) in [5.74, 6) is -0.239. The van der Waals surface area contributed by atoms with Crippen molar-refractivity contribution in [1.82, 2.24) is 19.6 Å². The monoisotopic (exact) mass is 306 g/mol. The van der Waals surface area contributed by atoms with Crippen LogP contribution < -0.4 is 0 Å². The first kappa shape index (κ1) is 11.3. The van der Waals surface area contributed by atoms with Crippen molar-refractivity contribution in [2.75, 3.05) is 0 Å². The molecule has 2 aromatic heterocycles. The molecule has 0 unspecified atom stereocenters. The molecule has 0 aliphatic carbocycles. The van der Waals surface area contributed by atoms with E-state index in [1.807, 2.05) is 0 Å². The highest BCUT2D eigenvalue weighted by Gasteiger charge is 2.10. The Morgan fingerprint density at radius 3 is 2.94 bits per heavy atom. The number of aromatic nitrogens is 4. The molecule has 0 saturated carbocycles. The van der Waals surface area contributed by atoms with Crippen molar-refractivity contribution in [3.63, 3.8) is 0 Å². The lowest BCUT2D eigenvalue weighted by Gasteiger charge is -2.04. The molecular weight excluding hydrogens is 299 g/mol. The van der Waals surface area contributed by atoms with Crippen molar-refractivity contribution in [2.45, 2.75) is 6.42 Å². The van der Waals surface area contributed by atoms with E-state index in [0.717, 1.165) is 0 Å². The third-order valence-electron chi connectivity index (χ3n) is 2.63. The molecule has 0 N–H and O–H groups in total. The van der Waals surface area contributed by atoms with Gasteiger partial charge in [0.25, 0.3) is 0 Å². The summed E-state index contributed by atoms with van der Waals surface area (Å²) in [6, 6.07) is 6.65. The standard InChI is InChI=1S/C12H8BrFN4/c13-11-6-18-7-15-17-12(18)10(16-11)5-8-3-1-2-4-9(8)14/h1-4,6-7H,5H2. The van der Waals surface area contributed by atoms with Crippen molar-refractivity contribution in [2.24, 2.45) is 0 Å². The van der Waals surface area contributed by atoms with Gasteiger partial charge in [0.2, 0.25) is 0 Å². The smallest absolute Gasteiger partial charge is 0.182 e. The van der Waals surface area contributed by atoms with Crippen molar-refractivity contribution in [3.05, 3.63) is 58.5 Å². The van der Waals surface area contributed by atoms with E-state index < -0.39 is 0 Å². The molecule has 0 amide bonds. The molecule has 3 aromatic rings. The van der Waals surface area contributed by atoms with Crippen molar-refractivity contribution in [3.8, 4) is 0 Å². The van der Waals surface area contributed by atoms with Crippen LogP contribution in [0, 0.1) is 5.82 Å². The van der Waals surface area contributed by atoms with Gasteiger partial charge in [-0.25, -0.2) is 9.37 Å². The summed E-state index contributed by atoms with van der Waals surface area (Å²) in [7, 11) is 0. The average molecular weight is 307 g/mol. The maximum absolute atomic E-state index is 13.6. The van der Waals surface area contributed by atoms with Gasteiger partial charge in [-0.05, 0) is 27.6 Å². The summed E-state index contributed by atoms with van der Waals surface area (Å²) in [4.78, 5) is 4.34. The molecule has 0 spiro atoms. The molecule has 1 aromatic carbocycles. The van der Waals surface area contributed by atoms with Gasteiger partial charge in [-0.1, -0.05) is 18.2 Å². The molecule has 0 bridgehead atoms. The number of nitrogens with zero attached hydrogens (tertiary/aromatic N) is 4. The van der Waals surface area contributed by atoms with Gasteiger partial charge >= 0.3 is 0 Å². The minimum absolute atomic E-state index is 0.239. The maximum atomic E-state index is 13.6. The SMILES string of the molecule is Fc1ccccc1Cc1nc(Br)cn2cnnc12. The topological polar surface area (TPSA) is 43.1 Å². The average Bonchev–Trinajstić information content (AvgIpc) is 2.80. The molecule has 4 nitrogen and oxygen atoms in total. The molecule has 0 radical (unpaired) electrons. The Kier molecular flexibility index (Phi) is 2.79. The number of rotatable bonds is 2. The van der Waals surface area contributed by atoms with E-state index in [1.54, 1.807) is 35.1 Å². The molecule has 0 fully saturated rings. The van der Waals surface area contributed by atoms with E-state index in [-0.39, 0.29) is 5.82 Å². The van der Waals surface area contributed by atoms with Gasteiger partial charge in [0.15, 0.2) is 5.65 Å². The van der Waals surface area contributed by atoms with Crippen LogP contribution in [-0.4, -0.2) is 19.6 Å². The van der Waals surface area contributed by atoms with Crippen molar-refractivity contribution >= 4 is 21.6 Å². The van der Waals surface area contributed by atoms with Crippen LogP contribution in [-0.2, 0) is 6.42 Å². The fourth-order valence-corrected chi connectivity index (χ4v) is 2.24. The largest absolute Gasteiger partial charge is 0.285 e. The molecule has 3 rings (SSSR count). The fourth-order valence-electron chi connectivity index (χ4n) is 1.81. The lowest BCUT2D eigenvalue weighted by molar-refractivity contribution is 0.613. The summed E-state index contributed by atoms with van der Waals surface area (Å²) in [5, 5.41) is 7.82. The van der Waals surface area contributed by atoms with Crippen LogP contribution in [0.15, 0.2) is 41.4 Å². The van der Waals surface area contributed by atoms with Crippen LogP contribution in [0.25, 0.3) is 5.65 Å². The number of fused-ring (bicyclic) bond motifs is 1. The summed E-state index contributed by atoms with van der Waals surface area (Å²) in [5.41, 5.74) is 1.92. The Morgan fingerprint density at radius 2 is 2.11 bits per heavy atom. The third-order valence-corrected chi connectivity index (χ3v) is 3.02. The predicted molar refractivity (Wildman–Crippen MR) is 67.7 cm³/mol. The van der Waals surface area contributed by atoms with E-state index >= 15 is 0 Å². The van der Waals surface area contributed by atoms with Gasteiger partial charge in [-0.15, -0.1) is 10.2 Å². The first-order chi connectivity index (χ1) is 8.74. The molecule has 90 valence electrons. The second-order valence-corrected chi connectivity index (χ2v) is 4.65. The Hall–Kier alpha value is -1.82. The van der Waals surface area contributed by atoms with E-state index in [4.69, 9.17) is 0 Å². The van der Waals surface area contributed by atoms with Gasteiger partial charge in [-0.3, -0.25) is 4.40 Å². The van der Waals surface area contributed by atoms with E-state index in [2.05, 4.69) is 31.1 Å². The molecule has 0 aliphatic heterocycles. The first-order valence-corrected chi connectivity index (χ1v) is 6.11. The summed E-state index contributed by atoms with van der Waals surface area (Å²) in [6.45, 7) is 0. The van der Waals surface area contributed by atoms with Crippen LogP contribution in [0.5, 0.6) is 0 Å². The third kappa shape index (κ3) is 1.99. The van der Waals surface area contributed by atoms with Crippen molar-refractivity contribution in [1.29, 1.82) is 0 Å². The van der Waals surface area contributed by atoms with E-state index in [1.165, 1.54) is 6.07 Å². The Morgan fingerprint density at radius 1 is 1.28 bits per heavy atom. The van der Waals surface area contributed by atoms with Gasteiger partial charge in [0.1, 0.15) is 16.7 Å². The fraction of sp³-hybridized carbons (Fsp3) is 0.0833. The highest BCUT2D eigenvalue weighted by Crippen LogP contribution is 2.17. The molecule has 2 heterocycles. The molecule has 0 saturated heterocycles. The van der Waals surface area contributed by atoms with Gasteiger partial charge in [-0.2, -0.15) is 0 Å². The molecule has 18 heavy (non-hydrogen) atoms. The van der Waals surface area contributed by atoms with Gasteiger partial charge < -0.3 is 0 Å². The zero-order chi connectivity index (χ0) is 12.5. The second-order valence-electron chi connectivity index (χ2n) is 3.84. The molecule has 6 heteroatoms. The van der Waals surface area contributed by atoms with Crippen molar-refractivity contribution < 1.29 is 4.39 Å². The highest BCUT2D eigenvalue weighted by molar-refractivity contribution is 9.10. The molecule has 0 aliphatic rings. The Balaban J connectivity index is 2.10. The van der Waals surface area contributed by atoms with E-state index in [9.17, 15) is 4.39 Å². The maximum Gasteiger partial charge on any atom is 0.182 e. The van der Waals surface area contributed by atoms with Crippen LogP contribution >= 0.6 is 15.9 Å². The summed E-state index contributed by atoms with van der Waals surface area (Å²) >= 11 is 3.32. The Bertz CT molecular complexity index is 710. The first-order valence-electron chi connectivity index (χ1n) is 5.32. The van der Waals surface area contributed by atoms with Crippen LogP contribution in [0.1, 0.15) is 11.3 Å². The quantitative estimate of drug-likeness (QED) is 0.731. The van der Waals surface area contributed by atoms with Crippen LogP contribution in [0.2, 0.25) is 0 Å². The number of hydrogen-bond acceptors (Lipinski definition) is 3. The van der Waals surface area contributed by atoms with Crippen LogP contribution in [0.4, 0.5) is 4.39 Å². The van der Waals surface area contributed by atoms with E-state index in [0.29, 0.717) is 27.9 Å². The highest BCUT2D eigenvalue weighted by atomic mass is 79.9. The number of hydrogen-bond donors (Lipinski definition) is 0. The lowest BCUT2D eigenvalue weighted by atomic mass is 10.1. The Labute approximate surface area is 111 Å². The summed E-state index contributed by atoms with van der Waals surface area (Å²) < 4.78 is 16.0. The molecule has 0 atom stereocenters. The normalized spacial score (nSPS) is 11.0. The zero-order valence-electron chi connectivity index (χ0n) is 9.22. The summed E-state index contributed by atoms with van der Waals surface area (Å²) in [6.07, 6.45) is 3.74. The molecular formula is C12H8BrFN4.